The first kappa shape index (κ1) is 7.87. The molecule has 1 aromatic rings. The Balaban J connectivity index is 2.75. The number of halogens is 1. The van der Waals surface area contributed by atoms with Crippen molar-refractivity contribution in [1.29, 1.82) is 0 Å². The number of hydrogen-bond acceptors (Lipinski definition) is 0. The maximum Gasteiger partial charge on any atom is 0.139 e. The van der Waals surface area contributed by atoms with Gasteiger partial charge in [-0.25, -0.2) is 0 Å². The third-order valence-electron chi connectivity index (χ3n) is 1.47. The molecular formula is C8H10BBr. The van der Waals surface area contributed by atoms with Crippen LogP contribution >= 0.6 is 15.9 Å². The summed E-state index contributed by atoms with van der Waals surface area (Å²) in [6.07, 6.45) is 1.13. The second-order valence-corrected chi connectivity index (χ2v) is 3.22. The van der Waals surface area contributed by atoms with E-state index in [4.69, 9.17) is 0 Å². The SMILES string of the molecule is Bc1cccc(CCBr)c1. The lowest BCUT2D eigenvalue weighted by Gasteiger charge is -1.97. The lowest BCUT2D eigenvalue weighted by molar-refractivity contribution is 1.17. The normalized spacial score (nSPS) is 9.70. The summed E-state index contributed by atoms with van der Waals surface area (Å²) < 4.78 is 0. The molecule has 0 nitrogen and oxygen atoms in total. The molecule has 0 bridgehead atoms. The van der Waals surface area contributed by atoms with E-state index in [0.29, 0.717) is 0 Å². The molecule has 2 heteroatoms. The fourth-order valence-electron chi connectivity index (χ4n) is 0.977. The average molecular weight is 197 g/mol. The highest BCUT2D eigenvalue weighted by atomic mass is 79.9. The van der Waals surface area contributed by atoms with Crippen molar-refractivity contribution in [3.05, 3.63) is 29.8 Å². The Morgan fingerprint density at radius 1 is 1.40 bits per heavy atom. The third-order valence-corrected chi connectivity index (χ3v) is 1.86. The van der Waals surface area contributed by atoms with Gasteiger partial charge >= 0.3 is 0 Å². The van der Waals surface area contributed by atoms with Gasteiger partial charge in [-0.15, -0.1) is 0 Å². The van der Waals surface area contributed by atoms with Crippen molar-refractivity contribution < 1.29 is 0 Å². The van der Waals surface area contributed by atoms with Crippen LogP contribution in [0.25, 0.3) is 0 Å². The highest BCUT2D eigenvalue weighted by Gasteiger charge is 1.89. The minimum absolute atomic E-state index is 1.05. The lowest BCUT2D eigenvalue weighted by Crippen LogP contribution is -2.02. The van der Waals surface area contributed by atoms with Gasteiger partial charge in [0, 0.05) is 5.33 Å². The lowest BCUT2D eigenvalue weighted by atomic mass is 9.94. The summed E-state index contributed by atoms with van der Waals surface area (Å²) in [6, 6.07) is 8.61. The molecule has 0 radical (unpaired) electrons. The van der Waals surface area contributed by atoms with Crippen LogP contribution in [0.5, 0.6) is 0 Å². The van der Waals surface area contributed by atoms with Gasteiger partial charge in [-0.1, -0.05) is 45.7 Å². The van der Waals surface area contributed by atoms with Crippen LogP contribution in [0.1, 0.15) is 5.56 Å². The van der Waals surface area contributed by atoms with Gasteiger partial charge in [0.2, 0.25) is 0 Å². The topological polar surface area (TPSA) is 0 Å². The zero-order valence-corrected chi connectivity index (χ0v) is 7.69. The minimum Gasteiger partial charge on any atom is -0.0924 e. The molecule has 0 aliphatic carbocycles. The van der Waals surface area contributed by atoms with Crippen LogP contribution in [0.4, 0.5) is 0 Å². The van der Waals surface area contributed by atoms with Gasteiger partial charge in [-0.05, 0) is 12.0 Å². The van der Waals surface area contributed by atoms with Crippen molar-refractivity contribution in [1.82, 2.24) is 0 Å². The molecule has 0 atom stereocenters. The van der Waals surface area contributed by atoms with E-state index in [1.54, 1.807) is 0 Å². The maximum atomic E-state index is 3.41. The zero-order valence-electron chi connectivity index (χ0n) is 6.10. The number of alkyl halides is 1. The molecule has 0 unspecified atom stereocenters. The van der Waals surface area contributed by atoms with Crippen molar-refractivity contribution in [3.63, 3.8) is 0 Å². The molecule has 0 fully saturated rings. The average Bonchev–Trinajstić information content (AvgIpc) is 1.88. The minimum atomic E-state index is 1.05. The molecule has 0 saturated carbocycles. The summed E-state index contributed by atoms with van der Waals surface area (Å²) in [4.78, 5) is 0. The van der Waals surface area contributed by atoms with E-state index in [2.05, 4.69) is 48.0 Å². The molecule has 52 valence electrons. The van der Waals surface area contributed by atoms with Crippen molar-refractivity contribution in [2.24, 2.45) is 0 Å². The van der Waals surface area contributed by atoms with E-state index >= 15 is 0 Å². The van der Waals surface area contributed by atoms with E-state index in [1.165, 1.54) is 11.0 Å². The largest absolute Gasteiger partial charge is 0.139 e. The number of rotatable bonds is 2. The molecule has 0 spiro atoms. The molecule has 0 aromatic heterocycles. The second kappa shape index (κ2) is 3.82. The maximum absolute atomic E-state index is 3.41. The predicted octanol–water partition coefficient (Wildman–Crippen LogP) is 0.882. The molecule has 1 aromatic carbocycles. The van der Waals surface area contributed by atoms with E-state index in [1.807, 2.05) is 0 Å². The Kier molecular flexibility index (Phi) is 3.00. The Morgan fingerprint density at radius 2 is 2.20 bits per heavy atom. The number of benzene rings is 1. The Bertz CT molecular complexity index is 210. The van der Waals surface area contributed by atoms with Crippen LogP contribution in [0.3, 0.4) is 0 Å². The Morgan fingerprint density at radius 3 is 2.80 bits per heavy atom. The second-order valence-electron chi connectivity index (χ2n) is 2.43. The third kappa shape index (κ3) is 2.18. The van der Waals surface area contributed by atoms with E-state index in [0.717, 1.165) is 11.8 Å². The van der Waals surface area contributed by atoms with Gasteiger partial charge in [0.25, 0.3) is 0 Å². The van der Waals surface area contributed by atoms with E-state index in [-0.39, 0.29) is 0 Å². The van der Waals surface area contributed by atoms with Crippen LogP contribution in [0, 0.1) is 0 Å². The highest BCUT2D eigenvalue weighted by Crippen LogP contribution is 1.98. The molecule has 0 aliphatic rings. The predicted molar refractivity (Wildman–Crippen MR) is 52.1 cm³/mol. The van der Waals surface area contributed by atoms with E-state index < -0.39 is 0 Å². The zero-order chi connectivity index (χ0) is 7.40. The van der Waals surface area contributed by atoms with Crippen molar-refractivity contribution in [3.8, 4) is 0 Å². The monoisotopic (exact) mass is 196 g/mol. The van der Waals surface area contributed by atoms with Gasteiger partial charge in [-0.3, -0.25) is 0 Å². The molecule has 0 heterocycles. The van der Waals surface area contributed by atoms with Gasteiger partial charge in [0.1, 0.15) is 7.85 Å². The van der Waals surface area contributed by atoms with Crippen molar-refractivity contribution in [2.75, 3.05) is 5.33 Å². The van der Waals surface area contributed by atoms with Crippen LogP contribution < -0.4 is 5.46 Å². The van der Waals surface area contributed by atoms with Crippen LogP contribution in [-0.4, -0.2) is 13.2 Å². The van der Waals surface area contributed by atoms with Gasteiger partial charge < -0.3 is 0 Å². The van der Waals surface area contributed by atoms with E-state index in [9.17, 15) is 0 Å². The molecule has 0 saturated heterocycles. The van der Waals surface area contributed by atoms with Gasteiger partial charge in [-0.2, -0.15) is 0 Å². The summed E-state index contributed by atoms with van der Waals surface area (Å²) in [7, 11) is 2.12. The molecule has 0 amide bonds. The molecule has 1 rings (SSSR count). The first-order chi connectivity index (χ1) is 4.83. The summed E-state index contributed by atoms with van der Waals surface area (Å²) in [5.41, 5.74) is 2.76. The highest BCUT2D eigenvalue weighted by molar-refractivity contribution is 9.09. The first-order valence-electron chi connectivity index (χ1n) is 3.44. The van der Waals surface area contributed by atoms with Crippen LogP contribution in [-0.2, 0) is 6.42 Å². The van der Waals surface area contributed by atoms with Crippen LogP contribution in [0.15, 0.2) is 24.3 Å². The fourth-order valence-corrected chi connectivity index (χ4v) is 1.43. The fraction of sp³-hybridized carbons (Fsp3) is 0.250. The molecule has 0 N–H and O–H groups in total. The van der Waals surface area contributed by atoms with Crippen molar-refractivity contribution >= 4 is 29.2 Å². The summed E-state index contributed by atoms with van der Waals surface area (Å²) in [6.45, 7) is 0. The molecule has 0 aliphatic heterocycles. The van der Waals surface area contributed by atoms with Crippen LogP contribution in [0.2, 0.25) is 0 Å². The summed E-state index contributed by atoms with van der Waals surface area (Å²) in [5.74, 6) is 0. The number of aryl methyl sites for hydroxylation is 1. The van der Waals surface area contributed by atoms with Gasteiger partial charge in [0.15, 0.2) is 0 Å². The van der Waals surface area contributed by atoms with Gasteiger partial charge in [0.05, 0.1) is 0 Å². The quantitative estimate of drug-likeness (QED) is 0.487. The smallest absolute Gasteiger partial charge is 0.0924 e. The Labute approximate surface area is 71.2 Å². The van der Waals surface area contributed by atoms with Crippen molar-refractivity contribution in [2.45, 2.75) is 6.42 Å². The number of hydrogen-bond donors (Lipinski definition) is 0. The first-order valence-corrected chi connectivity index (χ1v) is 4.56. The summed E-state index contributed by atoms with van der Waals surface area (Å²) in [5, 5.41) is 1.05. The molecular weight excluding hydrogens is 187 g/mol. The standard InChI is InChI=1S/C8H10BBr/c9-8-3-1-2-7(6-8)4-5-10/h1-3,6H,4-5,9H2. The Hall–Kier alpha value is -0.235. The molecule has 10 heavy (non-hydrogen) atoms. The summed E-state index contributed by atoms with van der Waals surface area (Å²) >= 11 is 3.41.